The van der Waals surface area contributed by atoms with Crippen molar-refractivity contribution in [2.75, 3.05) is 6.61 Å². The number of aliphatic hydroxyl groups excluding tert-OH is 3. The van der Waals surface area contributed by atoms with E-state index in [0.29, 0.717) is 19.3 Å². The van der Waals surface area contributed by atoms with Gasteiger partial charge < -0.3 is 20.4 Å². The summed E-state index contributed by atoms with van der Waals surface area (Å²) in [5.41, 5.74) is 0. The Kier molecular flexibility index (Phi) is 6.48. The molecule has 0 aliphatic carbocycles. The van der Waals surface area contributed by atoms with Crippen LogP contribution in [0.2, 0.25) is 0 Å². The lowest BCUT2D eigenvalue weighted by atomic mass is 10.1. The van der Waals surface area contributed by atoms with Crippen LogP contribution in [0, 0.1) is 0 Å². The average molecular weight is 192 g/mol. The van der Waals surface area contributed by atoms with Crippen molar-refractivity contribution in [3.63, 3.8) is 0 Å². The van der Waals surface area contributed by atoms with Crippen LogP contribution < -0.4 is 0 Å². The highest BCUT2D eigenvalue weighted by atomic mass is 16.4. The van der Waals surface area contributed by atoms with Crippen molar-refractivity contribution in [2.24, 2.45) is 0 Å². The molecule has 0 aliphatic heterocycles. The predicted octanol–water partition coefficient (Wildman–Crippen LogP) is -0.654. The van der Waals surface area contributed by atoms with Crippen molar-refractivity contribution in [2.45, 2.75) is 37.9 Å². The monoisotopic (exact) mass is 192 g/mol. The Morgan fingerprint density at radius 2 is 1.77 bits per heavy atom. The second kappa shape index (κ2) is 6.82. The minimum absolute atomic E-state index is 0.0714. The van der Waals surface area contributed by atoms with Crippen molar-refractivity contribution in [1.82, 2.24) is 0 Å². The maximum atomic E-state index is 10.1. The minimum atomic E-state index is -1.12. The Balaban J connectivity index is 3.36. The molecule has 0 rings (SSSR count). The molecule has 0 aromatic rings. The Morgan fingerprint density at radius 1 is 1.15 bits per heavy atom. The van der Waals surface area contributed by atoms with Crippen LogP contribution in [-0.2, 0) is 4.79 Å². The number of hydrogen-bond acceptors (Lipinski definition) is 4. The summed E-state index contributed by atoms with van der Waals surface area (Å²) in [4.78, 5) is 10.1. The second-order valence-corrected chi connectivity index (χ2v) is 2.96. The van der Waals surface area contributed by atoms with Crippen molar-refractivity contribution < 1.29 is 25.2 Å². The van der Waals surface area contributed by atoms with Crippen LogP contribution in [0.4, 0.5) is 0 Å². The third-order valence-corrected chi connectivity index (χ3v) is 1.77. The molecule has 0 aromatic heterocycles. The number of carboxylic acid groups (broad SMARTS) is 1. The van der Waals surface area contributed by atoms with Gasteiger partial charge in [-0.1, -0.05) is 6.42 Å². The maximum absolute atomic E-state index is 10.1. The number of carbonyl (C=O) groups is 1. The van der Waals surface area contributed by atoms with Crippen LogP contribution in [0.25, 0.3) is 0 Å². The molecule has 0 saturated heterocycles. The van der Waals surface area contributed by atoms with Gasteiger partial charge in [0.25, 0.3) is 0 Å². The van der Waals surface area contributed by atoms with Gasteiger partial charge in [0.2, 0.25) is 0 Å². The quantitative estimate of drug-likeness (QED) is 0.402. The lowest BCUT2D eigenvalue weighted by Crippen LogP contribution is -2.29. The zero-order valence-electron chi connectivity index (χ0n) is 7.39. The molecule has 0 radical (unpaired) electrons. The number of carboxylic acids is 1. The summed E-state index contributed by atoms with van der Waals surface area (Å²) in [6.07, 6.45) is -0.685. The van der Waals surface area contributed by atoms with Crippen LogP contribution >= 0.6 is 0 Å². The zero-order chi connectivity index (χ0) is 10.3. The summed E-state index contributed by atoms with van der Waals surface area (Å²) >= 11 is 0. The fraction of sp³-hybridized carbons (Fsp3) is 0.875. The van der Waals surface area contributed by atoms with Crippen molar-refractivity contribution in [3.05, 3.63) is 0 Å². The predicted molar refractivity (Wildman–Crippen MR) is 45.2 cm³/mol. The van der Waals surface area contributed by atoms with E-state index < -0.39 is 24.8 Å². The van der Waals surface area contributed by atoms with Crippen LogP contribution in [0.1, 0.15) is 25.7 Å². The molecule has 13 heavy (non-hydrogen) atoms. The number of aliphatic carboxylic acids is 1. The fourth-order valence-corrected chi connectivity index (χ4v) is 0.944. The summed E-state index contributed by atoms with van der Waals surface area (Å²) in [6, 6.07) is 0. The lowest BCUT2D eigenvalue weighted by molar-refractivity contribution is -0.137. The van der Waals surface area contributed by atoms with Crippen molar-refractivity contribution in [1.29, 1.82) is 0 Å². The first-order valence-corrected chi connectivity index (χ1v) is 4.26. The number of aliphatic hydroxyl groups is 3. The summed E-state index contributed by atoms with van der Waals surface area (Å²) in [6.45, 7) is -0.472. The second-order valence-electron chi connectivity index (χ2n) is 2.96. The minimum Gasteiger partial charge on any atom is -0.481 e. The normalized spacial score (nSPS) is 15.3. The van der Waals surface area contributed by atoms with E-state index in [4.69, 9.17) is 20.4 Å². The fourth-order valence-electron chi connectivity index (χ4n) is 0.944. The topological polar surface area (TPSA) is 98.0 Å². The standard InChI is InChI=1S/C8H16O5/c9-5-7(11)6(10)3-1-2-4-8(12)13/h6-7,9-11H,1-5H2,(H,12,13). The largest absolute Gasteiger partial charge is 0.481 e. The Labute approximate surface area is 76.6 Å². The van der Waals surface area contributed by atoms with E-state index >= 15 is 0 Å². The highest BCUT2D eigenvalue weighted by molar-refractivity contribution is 5.66. The molecule has 2 unspecified atom stereocenters. The molecule has 5 heteroatoms. The van der Waals surface area contributed by atoms with Crippen molar-refractivity contribution in [3.8, 4) is 0 Å². The molecule has 0 bridgehead atoms. The van der Waals surface area contributed by atoms with Crippen LogP contribution in [0.15, 0.2) is 0 Å². The van der Waals surface area contributed by atoms with Gasteiger partial charge in [-0.05, 0) is 12.8 Å². The molecule has 0 aromatic carbocycles. The van der Waals surface area contributed by atoms with E-state index in [-0.39, 0.29) is 6.42 Å². The zero-order valence-corrected chi connectivity index (χ0v) is 7.39. The van der Waals surface area contributed by atoms with Gasteiger partial charge in [0, 0.05) is 6.42 Å². The summed E-state index contributed by atoms with van der Waals surface area (Å²) in [7, 11) is 0. The molecule has 2 atom stereocenters. The van der Waals surface area contributed by atoms with Gasteiger partial charge in [0.15, 0.2) is 0 Å². The maximum Gasteiger partial charge on any atom is 0.303 e. The highest BCUT2D eigenvalue weighted by Gasteiger charge is 2.14. The summed E-state index contributed by atoms with van der Waals surface area (Å²) in [5, 5.41) is 34.8. The first-order valence-electron chi connectivity index (χ1n) is 4.26. The third-order valence-electron chi connectivity index (χ3n) is 1.77. The van der Waals surface area contributed by atoms with E-state index in [1.807, 2.05) is 0 Å². The molecule has 78 valence electrons. The number of unbranched alkanes of at least 4 members (excludes halogenated alkanes) is 1. The molecule has 0 heterocycles. The molecular weight excluding hydrogens is 176 g/mol. The Hall–Kier alpha value is -0.650. The molecule has 0 fully saturated rings. The molecule has 0 amide bonds. The lowest BCUT2D eigenvalue weighted by Gasteiger charge is -2.14. The smallest absolute Gasteiger partial charge is 0.303 e. The Morgan fingerprint density at radius 3 is 2.23 bits per heavy atom. The van der Waals surface area contributed by atoms with Gasteiger partial charge in [-0.3, -0.25) is 4.79 Å². The van der Waals surface area contributed by atoms with Crippen LogP contribution in [-0.4, -0.2) is 45.2 Å². The third kappa shape index (κ3) is 6.51. The first kappa shape index (κ1) is 12.3. The van der Waals surface area contributed by atoms with Gasteiger partial charge >= 0.3 is 5.97 Å². The summed E-state index contributed by atoms with van der Waals surface area (Å²) in [5.74, 6) is -0.864. The molecule has 4 N–H and O–H groups in total. The van der Waals surface area contributed by atoms with Gasteiger partial charge in [-0.2, -0.15) is 0 Å². The van der Waals surface area contributed by atoms with Gasteiger partial charge in [0.1, 0.15) is 6.10 Å². The highest BCUT2D eigenvalue weighted by Crippen LogP contribution is 2.06. The molecule has 5 nitrogen and oxygen atoms in total. The first-order chi connectivity index (χ1) is 6.07. The van der Waals surface area contributed by atoms with E-state index in [9.17, 15) is 4.79 Å². The number of hydrogen-bond donors (Lipinski definition) is 4. The van der Waals surface area contributed by atoms with E-state index in [2.05, 4.69) is 0 Å². The molecule has 0 spiro atoms. The van der Waals surface area contributed by atoms with Gasteiger partial charge in [-0.15, -0.1) is 0 Å². The van der Waals surface area contributed by atoms with E-state index in [1.54, 1.807) is 0 Å². The summed E-state index contributed by atoms with van der Waals surface area (Å²) < 4.78 is 0. The Bertz CT molecular complexity index is 147. The molecule has 0 saturated carbocycles. The van der Waals surface area contributed by atoms with E-state index in [1.165, 1.54) is 0 Å². The molecular formula is C8H16O5. The molecule has 0 aliphatic rings. The van der Waals surface area contributed by atoms with Crippen molar-refractivity contribution >= 4 is 5.97 Å². The SMILES string of the molecule is O=C(O)CCCCC(O)C(O)CO. The van der Waals surface area contributed by atoms with Gasteiger partial charge in [-0.25, -0.2) is 0 Å². The van der Waals surface area contributed by atoms with Gasteiger partial charge in [0.05, 0.1) is 12.7 Å². The van der Waals surface area contributed by atoms with Crippen LogP contribution in [0.5, 0.6) is 0 Å². The van der Waals surface area contributed by atoms with Crippen LogP contribution in [0.3, 0.4) is 0 Å². The number of rotatable bonds is 7. The van der Waals surface area contributed by atoms with E-state index in [0.717, 1.165) is 0 Å². The average Bonchev–Trinajstić information content (AvgIpc) is 2.10.